The number of carboxylic acids is 1. The molecule has 0 aromatic heterocycles. The lowest BCUT2D eigenvalue weighted by molar-refractivity contribution is -0.878. The van der Waals surface area contributed by atoms with Gasteiger partial charge in [0.05, 0.1) is 26.5 Å². The summed E-state index contributed by atoms with van der Waals surface area (Å²) in [5.41, 5.74) is 2.66. The van der Waals surface area contributed by atoms with Crippen LogP contribution < -0.4 is 15.3 Å². The van der Waals surface area contributed by atoms with E-state index in [1.807, 2.05) is 32.0 Å². The van der Waals surface area contributed by atoms with Gasteiger partial charge in [0.25, 0.3) is 0 Å². The Morgan fingerprint density at radius 3 is 2.21 bits per heavy atom. The summed E-state index contributed by atoms with van der Waals surface area (Å²) in [6.45, 7) is 3.80. The lowest BCUT2D eigenvalue weighted by Crippen LogP contribution is -3.12. The van der Waals surface area contributed by atoms with E-state index in [0.29, 0.717) is 4.90 Å². The van der Waals surface area contributed by atoms with Gasteiger partial charge in [-0.05, 0) is 25.0 Å². The molecule has 104 valence electrons. The monoisotopic (exact) mass is 264 g/mol. The number of likely N-dealkylation sites (N-methyl/N-ethyl adjacent to an activating group) is 1. The number of hydrogen-bond acceptors (Lipinski definition) is 3. The average molecular weight is 264 g/mol. The zero-order valence-electron chi connectivity index (χ0n) is 11.7. The number of nitrogens with one attached hydrogen (secondary N) is 2. The number of anilines is 1. The van der Waals surface area contributed by atoms with Gasteiger partial charge in [-0.2, -0.15) is 0 Å². The topological polar surface area (TPSA) is 73.7 Å². The van der Waals surface area contributed by atoms with E-state index in [1.54, 1.807) is 14.1 Å². The maximum absolute atomic E-state index is 11.9. The van der Waals surface area contributed by atoms with Gasteiger partial charge in [0.1, 0.15) is 6.04 Å². The molecule has 5 nitrogen and oxygen atoms in total. The third kappa shape index (κ3) is 4.06. The molecule has 0 unspecified atom stereocenters. The largest absolute Gasteiger partial charge is 0.544 e. The Labute approximate surface area is 113 Å². The van der Waals surface area contributed by atoms with Crippen molar-refractivity contribution in [2.24, 2.45) is 0 Å². The van der Waals surface area contributed by atoms with Crippen LogP contribution in [0.3, 0.4) is 0 Å². The standard InChI is InChI=1S/C14H20N2O3/c1-9-6-5-7-10(2)13(9)15-12(17)8-11(14(18)19)16(3)4/h5-7,11H,8H2,1-4H3,(H,15,17)(H,18,19)/t11-/m1/s1. The van der Waals surface area contributed by atoms with Crippen LogP contribution in [-0.4, -0.2) is 32.0 Å². The molecule has 1 aromatic carbocycles. The van der Waals surface area contributed by atoms with Crippen LogP contribution in [0.25, 0.3) is 0 Å². The van der Waals surface area contributed by atoms with Gasteiger partial charge < -0.3 is 20.1 Å². The third-order valence-corrected chi connectivity index (χ3v) is 3.12. The van der Waals surface area contributed by atoms with Gasteiger partial charge in [0.2, 0.25) is 5.91 Å². The Hall–Kier alpha value is -1.88. The van der Waals surface area contributed by atoms with Crippen LogP contribution in [0.2, 0.25) is 0 Å². The summed E-state index contributed by atoms with van der Waals surface area (Å²) in [6.07, 6.45) is -0.0988. The summed E-state index contributed by atoms with van der Waals surface area (Å²) in [6, 6.07) is 4.87. The van der Waals surface area contributed by atoms with Crippen LogP contribution in [0.4, 0.5) is 5.69 Å². The van der Waals surface area contributed by atoms with Gasteiger partial charge in [-0.25, -0.2) is 0 Å². The molecule has 5 heteroatoms. The summed E-state index contributed by atoms with van der Waals surface area (Å²) in [5, 5.41) is 13.7. The normalized spacial score (nSPS) is 12.3. The number of aliphatic carboxylic acids is 1. The Morgan fingerprint density at radius 1 is 1.26 bits per heavy atom. The summed E-state index contributed by atoms with van der Waals surface area (Å²) >= 11 is 0. The van der Waals surface area contributed by atoms with Crippen molar-refractivity contribution < 1.29 is 19.6 Å². The third-order valence-electron chi connectivity index (χ3n) is 3.12. The molecule has 0 aliphatic rings. The zero-order chi connectivity index (χ0) is 14.6. The van der Waals surface area contributed by atoms with E-state index in [0.717, 1.165) is 16.8 Å². The van der Waals surface area contributed by atoms with E-state index < -0.39 is 12.0 Å². The van der Waals surface area contributed by atoms with Crippen molar-refractivity contribution in [3.8, 4) is 0 Å². The highest BCUT2D eigenvalue weighted by Crippen LogP contribution is 2.19. The predicted octanol–water partition coefficient (Wildman–Crippen LogP) is -1.10. The first-order chi connectivity index (χ1) is 8.82. The number of para-hydroxylation sites is 1. The number of carboxylic acid groups (broad SMARTS) is 1. The first kappa shape index (κ1) is 15.2. The van der Waals surface area contributed by atoms with Crippen molar-refractivity contribution in [1.82, 2.24) is 0 Å². The molecule has 0 heterocycles. The first-order valence-corrected chi connectivity index (χ1v) is 6.20. The SMILES string of the molecule is Cc1cccc(C)c1NC(=O)C[C@H](C(=O)[O-])[NH+](C)C. The van der Waals surface area contributed by atoms with E-state index >= 15 is 0 Å². The highest BCUT2D eigenvalue weighted by Gasteiger charge is 2.21. The van der Waals surface area contributed by atoms with Crippen LogP contribution in [0.5, 0.6) is 0 Å². The molecule has 2 N–H and O–H groups in total. The highest BCUT2D eigenvalue weighted by molar-refractivity contribution is 5.94. The minimum absolute atomic E-state index is 0.0988. The van der Waals surface area contributed by atoms with E-state index in [9.17, 15) is 14.7 Å². The fraction of sp³-hybridized carbons (Fsp3) is 0.429. The fourth-order valence-electron chi connectivity index (χ4n) is 1.91. The molecular weight excluding hydrogens is 244 g/mol. The number of aryl methyl sites for hydroxylation is 2. The minimum atomic E-state index is -1.21. The molecule has 19 heavy (non-hydrogen) atoms. The molecule has 1 rings (SSSR count). The van der Waals surface area contributed by atoms with Gasteiger partial charge in [-0.1, -0.05) is 18.2 Å². The van der Waals surface area contributed by atoms with Crippen LogP contribution in [-0.2, 0) is 9.59 Å². The lowest BCUT2D eigenvalue weighted by Gasteiger charge is -2.22. The van der Waals surface area contributed by atoms with Crippen molar-refractivity contribution in [1.29, 1.82) is 0 Å². The molecule has 0 aliphatic heterocycles. The quantitative estimate of drug-likeness (QED) is 0.708. The molecular formula is C14H20N2O3. The van der Waals surface area contributed by atoms with E-state index in [2.05, 4.69) is 5.32 Å². The molecule has 0 aliphatic carbocycles. The number of carbonyl (C=O) groups is 2. The Morgan fingerprint density at radius 2 is 1.79 bits per heavy atom. The Bertz CT molecular complexity index is 463. The fourth-order valence-corrected chi connectivity index (χ4v) is 1.91. The second-order valence-corrected chi connectivity index (χ2v) is 4.97. The number of rotatable bonds is 5. The minimum Gasteiger partial charge on any atom is -0.544 e. The smallest absolute Gasteiger partial charge is 0.230 e. The van der Waals surface area contributed by atoms with Crippen molar-refractivity contribution in [2.75, 3.05) is 19.4 Å². The zero-order valence-corrected chi connectivity index (χ0v) is 11.7. The van der Waals surface area contributed by atoms with Crippen molar-refractivity contribution in [3.05, 3.63) is 29.3 Å². The van der Waals surface area contributed by atoms with Crippen LogP contribution in [0.15, 0.2) is 18.2 Å². The average Bonchev–Trinajstić information content (AvgIpc) is 2.30. The molecule has 1 atom stereocenters. The van der Waals surface area contributed by atoms with Gasteiger partial charge in [0, 0.05) is 5.69 Å². The van der Waals surface area contributed by atoms with Crippen LogP contribution >= 0.6 is 0 Å². The van der Waals surface area contributed by atoms with Gasteiger partial charge in [-0.3, -0.25) is 4.79 Å². The molecule has 0 radical (unpaired) electrons. The highest BCUT2D eigenvalue weighted by atomic mass is 16.4. The summed E-state index contributed by atoms with van der Waals surface area (Å²) < 4.78 is 0. The van der Waals surface area contributed by atoms with E-state index in [-0.39, 0.29) is 12.3 Å². The number of benzene rings is 1. The second kappa shape index (κ2) is 6.33. The summed E-state index contributed by atoms with van der Waals surface area (Å²) in [4.78, 5) is 23.5. The van der Waals surface area contributed by atoms with Crippen LogP contribution in [0, 0.1) is 13.8 Å². The number of amides is 1. The first-order valence-electron chi connectivity index (χ1n) is 6.20. The maximum atomic E-state index is 11.9. The molecule has 0 saturated carbocycles. The summed E-state index contributed by atoms with van der Waals surface area (Å²) in [5.74, 6) is -1.52. The summed E-state index contributed by atoms with van der Waals surface area (Å²) in [7, 11) is 3.37. The van der Waals surface area contributed by atoms with Gasteiger partial charge >= 0.3 is 0 Å². The second-order valence-electron chi connectivity index (χ2n) is 4.97. The molecule has 0 saturated heterocycles. The van der Waals surface area contributed by atoms with Crippen LogP contribution in [0.1, 0.15) is 17.5 Å². The van der Waals surface area contributed by atoms with Gasteiger partial charge in [-0.15, -0.1) is 0 Å². The number of carbonyl (C=O) groups excluding carboxylic acids is 2. The molecule has 0 fully saturated rings. The molecule has 0 bridgehead atoms. The Kier molecular flexibility index (Phi) is 5.06. The van der Waals surface area contributed by atoms with Crippen molar-refractivity contribution in [2.45, 2.75) is 26.3 Å². The maximum Gasteiger partial charge on any atom is 0.230 e. The van der Waals surface area contributed by atoms with Crippen molar-refractivity contribution >= 4 is 17.6 Å². The lowest BCUT2D eigenvalue weighted by atomic mass is 10.1. The van der Waals surface area contributed by atoms with Gasteiger partial charge in [0.15, 0.2) is 0 Å². The molecule has 1 aromatic rings. The number of hydrogen-bond donors (Lipinski definition) is 2. The molecule has 1 amide bonds. The molecule has 0 spiro atoms. The Balaban J connectivity index is 2.78. The van der Waals surface area contributed by atoms with E-state index in [1.165, 1.54) is 0 Å². The number of quaternary nitrogens is 1. The van der Waals surface area contributed by atoms with E-state index in [4.69, 9.17) is 0 Å². The van der Waals surface area contributed by atoms with Crippen molar-refractivity contribution in [3.63, 3.8) is 0 Å². The predicted molar refractivity (Wildman–Crippen MR) is 70.8 cm³/mol.